The van der Waals surface area contributed by atoms with Gasteiger partial charge in [-0.05, 0) is 24.6 Å². The van der Waals surface area contributed by atoms with Crippen molar-refractivity contribution in [2.45, 2.75) is 24.3 Å². The number of hydrogen-bond acceptors (Lipinski definition) is 4. The summed E-state index contributed by atoms with van der Waals surface area (Å²) in [5, 5.41) is 12.8. The Morgan fingerprint density at radius 1 is 1.12 bits per heavy atom. The highest BCUT2D eigenvalue weighted by atomic mass is 32.2. The highest BCUT2D eigenvalue weighted by Crippen LogP contribution is 2.44. The van der Waals surface area contributed by atoms with E-state index in [0.717, 1.165) is 26.7 Å². The van der Waals surface area contributed by atoms with Crippen molar-refractivity contribution in [3.63, 3.8) is 0 Å². The minimum atomic E-state index is -0.141. The topological polar surface area (TPSA) is 56.2 Å². The number of fused-ring (bicyclic) bond motifs is 1. The first kappa shape index (κ1) is 15.0. The fourth-order valence-corrected chi connectivity index (χ4v) is 4.17. The van der Waals surface area contributed by atoms with Gasteiger partial charge in [0.2, 0.25) is 5.91 Å². The molecule has 2 aliphatic rings. The number of carbonyl (C=O) groups excluding carboxylic acids is 1. The number of nitrogens with zero attached hydrogens (tertiary/aromatic N) is 1. The number of rotatable bonds is 2. The third-order valence-electron chi connectivity index (χ3n) is 4.41. The van der Waals surface area contributed by atoms with Crippen LogP contribution in [0.4, 0.5) is 5.69 Å². The normalized spacial score (nSPS) is 21.0. The van der Waals surface area contributed by atoms with Crippen molar-refractivity contribution in [2.75, 3.05) is 5.32 Å². The Labute approximate surface area is 145 Å². The molecule has 1 amide bonds. The zero-order chi connectivity index (χ0) is 16.7. The van der Waals surface area contributed by atoms with Gasteiger partial charge in [-0.1, -0.05) is 54.2 Å². The molecular weight excluding hydrogens is 318 g/mol. The summed E-state index contributed by atoms with van der Waals surface area (Å²) in [4.78, 5) is 15.3. The first-order valence-electron chi connectivity index (χ1n) is 7.88. The van der Waals surface area contributed by atoms with E-state index in [1.165, 1.54) is 0 Å². The first-order chi connectivity index (χ1) is 11.6. The van der Waals surface area contributed by atoms with Gasteiger partial charge in [-0.2, -0.15) is 0 Å². The van der Waals surface area contributed by atoms with E-state index < -0.39 is 0 Å². The summed E-state index contributed by atoms with van der Waals surface area (Å²) in [5.41, 5.74) is 2.86. The van der Waals surface area contributed by atoms with Crippen LogP contribution in [0.3, 0.4) is 0 Å². The van der Waals surface area contributed by atoms with Gasteiger partial charge in [0.25, 0.3) is 0 Å². The molecule has 0 bridgehead atoms. The van der Waals surface area contributed by atoms with Crippen LogP contribution in [0.2, 0.25) is 0 Å². The molecule has 120 valence electrons. The molecule has 2 N–H and O–H groups in total. The van der Waals surface area contributed by atoms with Gasteiger partial charge in [0.1, 0.15) is 5.84 Å². The van der Waals surface area contributed by atoms with E-state index in [2.05, 4.69) is 5.32 Å². The standard InChI is InChI=1S/C19H17N3OS/c1-12(13-7-3-2-4-8-13)22-17(23)11-14(18(22)20)19-21-15-9-5-6-10-16(15)24-19/h2-10,12,20-21H,11H2,1H3/b19-14+,20-18?/t12-/m1/s1. The van der Waals surface area contributed by atoms with Crippen LogP contribution in [0.5, 0.6) is 0 Å². The number of likely N-dealkylation sites (tertiary alicyclic amines) is 1. The number of para-hydroxylation sites is 1. The highest BCUT2D eigenvalue weighted by Gasteiger charge is 2.37. The van der Waals surface area contributed by atoms with E-state index in [1.807, 2.05) is 61.5 Å². The summed E-state index contributed by atoms with van der Waals surface area (Å²) in [6.45, 7) is 1.97. The smallest absolute Gasteiger partial charge is 0.233 e. The summed E-state index contributed by atoms with van der Waals surface area (Å²) in [6.07, 6.45) is 0.277. The van der Waals surface area contributed by atoms with Crippen LogP contribution in [0.1, 0.15) is 24.9 Å². The maximum atomic E-state index is 12.6. The zero-order valence-corrected chi connectivity index (χ0v) is 14.1. The lowest BCUT2D eigenvalue weighted by atomic mass is 10.1. The van der Waals surface area contributed by atoms with Crippen LogP contribution in [0.25, 0.3) is 0 Å². The summed E-state index contributed by atoms with van der Waals surface area (Å²) in [6, 6.07) is 17.8. The van der Waals surface area contributed by atoms with Gasteiger partial charge in [0.05, 0.1) is 23.2 Å². The van der Waals surface area contributed by atoms with Crippen molar-refractivity contribution < 1.29 is 4.79 Å². The molecule has 2 aromatic rings. The lowest BCUT2D eigenvalue weighted by Gasteiger charge is -2.24. The third kappa shape index (κ3) is 2.41. The van der Waals surface area contributed by atoms with Gasteiger partial charge in [0.15, 0.2) is 0 Å². The number of thioether (sulfide) groups is 1. The summed E-state index contributed by atoms with van der Waals surface area (Å²) in [5.74, 6) is 0.288. The minimum absolute atomic E-state index is 0.0165. The second kappa shape index (κ2) is 5.83. The van der Waals surface area contributed by atoms with Crippen molar-refractivity contribution >= 4 is 29.2 Å². The van der Waals surface area contributed by atoms with Crippen LogP contribution < -0.4 is 5.32 Å². The van der Waals surface area contributed by atoms with Gasteiger partial charge < -0.3 is 5.32 Å². The highest BCUT2D eigenvalue weighted by molar-refractivity contribution is 8.03. The molecule has 1 fully saturated rings. The predicted octanol–water partition coefficient (Wildman–Crippen LogP) is 4.39. The minimum Gasteiger partial charge on any atom is -0.349 e. The Balaban J connectivity index is 1.64. The second-order valence-electron chi connectivity index (χ2n) is 5.91. The molecule has 1 saturated heterocycles. The monoisotopic (exact) mass is 335 g/mol. The van der Waals surface area contributed by atoms with Crippen molar-refractivity contribution in [3.8, 4) is 0 Å². The lowest BCUT2D eigenvalue weighted by Crippen LogP contribution is -2.32. The zero-order valence-electron chi connectivity index (χ0n) is 13.2. The molecule has 0 aromatic heterocycles. The number of nitrogens with one attached hydrogen (secondary N) is 2. The van der Waals surface area contributed by atoms with Gasteiger partial charge in [-0.15, -0.1) is 0 Å². The number of amides is 1. The van der Waals surface area contributed by atoms with Crippen LogP contribution in [-0.2, 0) is 4.79 Å². The molecule has 2 aliphatic heterocycles. The molecule has 0 radical (unpaired) electrons. The van der Waals surface area contributed by atoms with E-state index in [-0.39, 0.29) is 18.4 Å². The average Bonchev–Trinajstić information content (AvgIpc) is 3.15. The summed E-state index contributed by atoms with van der Waals surface area (Å²) >= 11 is 1.60. The van der Waals surface area contributed by atoms with Gasteiger partial charge in [-0.3, -0.25) is 15.1 Å². The summed E-state index contributed by atoms with van der Waals surface area (Å²) < 4.78 is 0. The van der Waals surface area contributed by atoms with Gasteiger partial charge in [0, 0.05) is 10.5 Å². The van der Waals surface area contributed by atoms with Crippen LogP contribution in [0.15, 0.2) is 70.1 Å². The van der Waals surface area contributed by atoms with E-state index >= 15 is 0 Å². The molecular formula is C19H17N3OS. The third-order valence-corrected chi connectivity index (χ3v) is 5.54. The Morgan fingerprint density at radius 2 is 1.83 bits per heavy atom. The van der Waals surface area contributed by atoms with E-state index in [1.54, 1.807) is 16.7 Å². The Bertz CT molecular complexity index is 833. The number of hydrogen-bond donors (Lipinski definition) is 2. The van der Waals surface area contributed by atoms with Crippen molar-refractivity contribution in [2.24, 2.45) is 0 Å². The SMILES string of the molecule is C[C@H](c1ccccc1)N1C(=N)/C(=C2\Nc3ccccc3S2)CC1=O. The Kier molecular flexibility index (Phi) is 3.65. The first-order valence-corrected chi connectivity index (χ1v) is 8.70. The molecule has 4 nitrogen and oxygen atoms in total. The van der Waals surface area contributed by atoms with E-state index in [4.69, 9.17) is 5.41 Å². The number of anilines is 1. The molecule has 2 aromatic carbocycles. The number of carbonyl (C=O) groups is 1. The van der Waals surface area contributed by atoms with Gasteiger partial charge in [-0.25, -0.2) is 0 Å². The molecule has 4 rings (SSSR count). The van der Waals surface area contributed by atoms with Crippen LogP contribution >= 0.6 is 11.8 Å². The van der Waals surface area contributed by atoms with Crippen molar-refractivity contribution in [3.05, 3.63) is 70.8 Å². The second-order valence-corrected chi connectivity index (χ2v) is 6.96. The van der Waals surface area contributed by atoms with E-state index in [0.29, 0.717) is 5.84 Å². The Morgan fingerprint density at radius 3 is 2.58 bits per heavy atom. The summed E-state index contributed by atoms with van der Waals surface area (Å²) in [7, 11) is 0. The fourth-order valence-electron chi connectivity index (χ4n) is 3.12. The molecule has 0 saturated carbocycles. The predicted molar refractivity (Wildman–Crippen MR) is 97.0 cm³/mol. The molecule has 0 spiro atoms. The number of amidine groups is 1. The molecule has 1 atom stereocenters. The fraction of sp³-hybridized carbons (Fsp3) is 0.158. The molecule has 0 aliphatic carbocycles. The maximum absolute atomic E-state index is 12.6. The van der Waals surface area contributed by atoms with Crippen molar-refractivity contribution in [1.82, 2.24) is 4.90 Å². The molecule has 5 heteroatoms. The molecule has 0 unspecified atom stereocenters. The van der Waals surface area contributed by atoms with Crippen LogP contribution in [-0.4, -0.2) is 16.6 Å². The Hall–Kier alpha value is -2.53. The largest absolute Gasteiger partial charge is 0.349 e. The quantitative estimate of drug-likeness (QED) is 0.856. The van der Waals surface area contributed by atoms with Crippen LogP contribution in [0, 0.1) is 5.41 Å². The molecule has 2 heterocycles. The lowest BCUT2D eigenvalue weighted by molar-refractivity contribution is -0.126. The van der Waals surface area contributed by atoms with Crippen molar-refractivity contribution in [1.29, 1.82) is 5.41 Å². The van der Waals surface area contributed by atoms with Gasteiger partial charge >= 0.3 is 0 Å². The number of benzene rings is 2. The molecule has 24 heavy (non-hydrogen) atoms. The maximum Gasteiger partial charge on any atom is 0.233 e. The average molecular weight is 335 g/mol. The van der Waals surface area contributed by atoms with E-state index in [9.17, 15) is 4.79 Å².